The minimum atomic E-state index is -0.449. The van der Waals surface area contributed by atoms with E-state index in [1.807, 2.05) is 6.92 Å². The van der Waals surface area contributed by atoms with Gasteiger partial charge in [0.05, 0.1) is 7.11 Å². The van der Waals surface area contributed by atoms with Gasteiger partial charge in [0.2, 0.25) is 5.91 Å². The quantitative estimate of drug-likeness (QED) is 0.884. The predicted octanol–water partition coefficient (Wildman–Crippen LogP) is 1.55. The van der Waals surface area contributed by atoms with Crippen molar-refractivity contribution in [3.8, 4) is 5.75 Å². The molecule has 0 spiro atoms. The van der Waals surface area contributed by atoms with Crippen molar-refractivity contribution in [2.75, 3.05) is 25.1 Å². The summed E-state index contributed by atoms with van der Waals surface area (Å²) in [5, 5.41) is 3.23. The molecule has 1 aromatic rings. The van der Waals surface area contributed by atoms with E-state index in [0.717, 1.165) is 6.54 Å². The van der Waals surface area contributed by atoms with E-state index < -0.39 is 5.82 Å². The molecule has 0 saturated carbocycles. The van der Waals surface area contributed by atoms with E-state index in [2.05, 4.69) is 5.32 Å². The Hall–Kier alpha value is -1.62. The molecule has 0 radical (unpaired) electrons. The Kier molecular flexibility index (Phi) is 3.81. The number of amides is 1. The van der Waals surface area contributed by atoms with E-state index in [0.29, 0.717) is 18.7 Å². The Bertz CT molecular complexity index is 451. The molecule has 1 aliphatic heterocycles. The molecule has 1 N–H and O–H groups in total. The third kappa shape index (κ3) is 2.46. The van der Waals surface area contributed by atoms with E-state index in [4.69, 9.17) is 4.74 Å². The van der Waals surface area contributed by atoms with Crippen molar-refractivity contribution in [1.29, 1.82) is 0 Å². The number of nitrogens with one attached hydrogen (secondary N) is 1. The number of halogens is 1. The van der Waals surface area contributed by atoms with Gasteiger partial charge in [-0.25, -0.2) is 4.39 Å². The summed E-state index contributed by atoms with van der Waals surface area (Å²) in [6, 6.07) is 4.73. The highest BCUT2D eigenvalue weighted by Gasteiger charge is 2.30. The number of methoxy groups -OCH3 is 1. The second-order valence-corrected chi connectivity index (χ2v) is 4.28. The number of anilines is 1. The second kappa shape index (κ2) is 5.35. The lowest BCUT2D eigenvalue weighted by atomic mass is 10.2. The topological polar surface area (TPSA) is 41.6 Å². The van der Waals surface area contributed by atoms with Gasteiger partial charge >= 0.3 is 0 Å². The fraction of sp³-hybridized carbons (Fsp3) is 0.462. The maximum Gasteiger partial charge on any atom is 0.228 e. The Morgan fingerprint density at radius 1 is 1.56 bits per heavy atom. The van der Waals surface area contributed by atoms with Gasteiger partial charge in [-0.05, 0) is 18.7 Å². The van der Waals surface area contributed by atoms with E-state index in [1.165, 1.54) is 13.2 Å². The van der Waals surface area contributed by atoms with Gasteiger partial charge in [0, 0.05) is 30.8 Å². The van der Waals surface area contributed by atoms with E-state index in [9.17, 15) is 9.18 Å². The summed E-state index contributed by atoms with van der Waals surface area (Å²) in [6.07, 6.45) is 0.460. The lowest BCUT2D eigenvalue weighted by Gasteiger charge is -2.17. The van der Waals surface area contributed by atoms with Gasteiger partial charge < -0.3 is 15.0 Å². The van der Waals surface area contributed by atoms with Crippen LogP contribution >= 0.6 is 0 Å². The Morgan fingerprint density at radius 2 is 2.33 bits per heavy atom. The van der Waals surface area contributed by atoms with Crippen molar-refractivity contribution in [2.24, 2.45) is 0 Å². The summed E-state index contributed by atoms with van der Waals surface area (Å²) in [4.78, 5) is 13.5. The molecular formula is C13H17FN2O2. The smallest absolute Gasteiger partial charge is 0.228 e. The molecule has 0 bridgehead atoms. The molecule has 5 heteroatoms. The molecule has 1 saturated heterocycles. The van der Waals surface area contributed by atoms with Crippen molar-refractivity contribution in [2.45, 2.75) is 19.4 Å². The zero-order chi connectivity index (χ0) is 13.1. The van der Waals surface area contributed by atoms with Crippen LogP contribution in [0.15, 0.2) is 18.2 Å². The molecule has 1 aliphatic rings. The largest absolute Gasteiger partial charge is 0.494 e. The van der Waals surface area contributed by atoms with Gasteiger partial charge in [0.15, 0.2) is 11.6 Å². The maximum absolute atomic E-state index is 13.6. The average molecular weight is 252 g/mol. The first-order chi connectivity index (χ1) is 8.65. The molecule has 1 aromatic carbocycles. The highest BCUT2D eigenvalue weighted by Crippen LogP contribution is 2.26. The molecule has 1 heterocycles. The van der Waals surface area contributed by atoms with Crippen LogP contribution < -0.4 is 15.0 Å². The molecule has 1 fully saturated rings. The fourth-order valence-electron chi connectivity index (χ4n) is 2.21. The number of hydrogen-bond donors (Lipinski definition) is 1. The zero-order valence-electron chi connectivity index (χ0n) is 10.6. The number of benzene rings is 1. The van der Waals surface area contributed by atoms with E-state index >= 15 is 0 Å². The van der Waals surface area contributed by atoms with E-state index in [1.54, 1.807) is 17.0 Å². The van der Waals surface area contributed by atoms with Crippen molar-refractivity contribution in [1.82, 2.24) is 5.32 Å². The summed E-state index contributed by atoms with van der Waals surface area (Å²) in [7, 11) is 1.42. The summed E-state index contributed by atoms with van der Waals surface area (Å²) >= 11 is 0. The van der Waals surface area contributed by atoms with Crippen LogP contribution in [0, 0.1) is 5.82 Å². The van der Waals surface area contributed by atoms with Crippen LogP contribution in [-0.4, -0.2) is 32.1 Å². The molecule has 1 amide bonds. The van der Waals surface area contributed by atoms with Crippen molar-refractivity contribution in [3.63, 3.8) is 0 Å². The highest BCUT2D eigenvalue weighted by molar-refractivity contribution is 5.96. The summed E-state index contributed by atoms with van der Waals surface area (Å²) < 4.78 is 18.5. The Morgan fingerprint density at radius 3 is 2.94 bits per heavy atom. The minimum Gasteiger partial charge on any atom is -0.494 e. The number of rotatable bonds is 4. The number of likely N-dealkylation sites (N-methyl/N-ethyl adjacent to an activating group) is 1. The number of ether oxygens (including phenoxy) is 1. The molecular weight excluding hydrogens is 235 g/mol. The third-order valence-electron chi connectivity index (χ3n) is 3.06. The second-order valence-electron chi connectivity index (χ2n) is 4.28. The van der Waals surface area contributed by atoms with Crippen LogP contribution in [0.2, 0.25) is 0 Å². The molecule has 0 aliphatic carbocycles. The maximum atomic E-state index is 13.6. The normalized spacial score (nSPS) is 19.4. The number of nitrogens with zero attached hydrogens (tertiary/aromatic N) is 1. The monoisotopic (exact) mass is 252 g/mol. The first-order valence-electron chi connectivity index (χ1n) is 6.03. The van der Waals surface area contributed by atoms with Crippen molar-refractivity contribution >= 4 is 11.6 Å². The zero-order valence-corrected chi connectivity index (χ0v) is 10.6. The van der Waals surface area contributed by atoms with Crippen LogP contribution in [-0.2, 0) is 4.79 Å². The molecule has 0 aromatic heterocycles. The summed E-state index contributed by atoms with van der Waals surface area (Å²) in [5.74, 6) is -0.242. The molecule has 1 unspecified atom stereocenters. The van der Waals surface area contributed by atoms with Crippen LogP contribution in [0.4, 0.5) is 10.1 Å². The average Bonchev–Trinajstić information content (AvgIpc) is 2.71. The standard InChI is InChI=1S/C13H17FN2O2/c1-3-15-9-6-13(17)16(8-9)10-4-5-12(18-2)11(14)7-10/h4-5,7,9,15H,3,6,8H2,1-2H3. The van der Waals surface area contributed by atoms with Crippen molar-refractivity contribution in [3.05, 3.63) is 24.0 Å². The Labute approximate surface area is 106 Å². The van der Waals surface area contributed by atoms with Crippen LogP contribution in [0.25, 0.3) is 0 Å². The molecule has 98 valence electrons. The third-order valence-corrected chi connectivity index (χ3v) is 3.06. The van der Waals surface area contributed by atoms with Crippen LogP contribution in [0.3, 0.4) is 0 Å². The van der Waals surface area contributed by atoms with Crippen LogP contribution in [0.1, 0.15) is 13.3 Å². The van der Waals surface area contributed by atoms with Gasteiger partial charge in [0.1, 0.15) is 0 Å². The minimum absolute atomic E-state index is 0.0190. The number of carbonyl (C=O) groups is 1. The molecule has 1 atom stereocenters. The lowest BCUT2D eigenvalue weighted by molar-refractivity contribution is -0.117. The van der Waals surface area contributed by atoms with Gasteiger partial charge in [-0.2, -0.15) is 0 Å². The lowest BCUT2D eigenvalue weighted by Crippen LogP contribution is -2.32. The predicted molar refractivity (Wildman–Crippen MR) is 67.4 cm³/mol. The van der Waals surface area contributed by atoms with Gasteiger partial charge in [-0.1, -0.05) is 6.92 Å². The van der Waals surface area contributed by atoms with Crippen molar-refractivity contribution < 1.29 is 13.9 Å². The van der Waals surface area contributed by atoms with E-state index in [-0.39, 0.29) is 17.7 Å². The highest BCUT2D eigenvalue weighted by atomic mass is 19.1. The summed E-state index contributed by atoms with van der Waals surface area (Å²) in [6.45, 7) is 3.40. The molecule has 4 nitrogen and oxygen atoms in total. The molecule has 18 heavy (non-hydrogen) atoms. The van der Waals surface area contributed by atoms with Gasteiger partial charge in [-0.3, -0.25) is 4.79 Å². The summed E-state index contributed by atoms with van der Waals surface area (Å²) in [5.41, 5.74) is 0.582. The first kappa shape index (κ1) is 12.8. The van der Waals surface area contributed by atoms with Gasteiger partial charge in [0.25, 0.3) is 0 Å². The number of carbonyl (C=O) groups excluding carboxylic acids is 1. The number of hydrogen-bond acceptors (Lipinski definition) is 3. The molecule has 2 rings (SSSR count). The fourth-order valence-corrected chi connectivity index (χ4v) is 2.21. The van der Waals surface area contributed by atoms with Crippen LogP contribution in [0.5, 0.6) is 5.75 Å². The Balaban J connectivity index is 2.17. The SMILES string of the molecule is CCNC1CC(=O)N(c2ccc(OC)c(F)c2)C1. The first-order valence-corrected chi connectivity index (χ1v) is 6.03. The van der Waals surface area contributed by atoms with Gasteiger partial charge in [-0.15, -0.1) is 0 Å².